The van der Waals surface area contributed by atoms with Crippen molar-refractivity contribution >= 4 is 8.32 Å². The second kappa shape index (κ2) is 4.58. The van der Waals surface area contributed by atoms with E-state index < -0.39 is 8.32 Å². The molecule has 0 aromatic carbocycles. The molecule has 0 spiro atoms. The molecule has 2 aliphatic carbocycles. The van der Waals surface area contributed by atoms with Crippen LogP contribution in [0.25, 0.3) is 0 Å². The molecule has 2 fully saturated rings. The lowest BCUT2D eigenvalue weighted by Gasteiger charge is -2.33. The van der Waals surface area contributed by atoms with Gasteiger partial charge in [0.05, 0.1) is 6.10 Å². The molecule has 0 aromatic heterocycles. The van der Waals surface area contributed by atoms with Gasteiger partial charge in [-0.2, -0.15) is 0 Å². The van der Waals surface area contributed by atoms with Crippen molar-refractivity contribution in [2.24, 2.45) is 11.8 Å². The van der Waals surface area contributed by atoms with Crippen LogP contribution in [0, 0.1) is 11.8 Å². The van der Waals surface area contributed by atoms with Crippen molar-refractivity contribution in [3.05, 3.63) is 0 Å². The summed E-state index contributed by atoms with van der Waals surface area (Å²) in [7, 11) is -1.33. The third-order valence-electron chi connectivity index (χ3n) is 4.49. The Labute approximate surface area is 95.7 Å². The quantitative estimate of drug-likeness (QED) is 0.591. The molecule has 0 amide bonds. The molecule has 0 unspecified atom stereocenters. The average Bonchev–Trinajstić information content (AvgIpc) is 3.14. The molecule has 0 saturated heterocycles. The van der Waals surface area contributed by atoms with Crippen LogP contribution in [-0.4, -0.2) is 14.4 Å². The maximum Gasteiger partial charge on any atom is 0.192 e. The van der Waals surface area contributed by atoms with Crippen LogP contribution in [0.1, 0.15) is 46.5 Å². The van der Waals surface area contributed by atoms with Gasteiger partial charge in [-0.1, -0.05) is 20.8 Å². The summed E-state index contributed by atoms with van der Waals surface area (Å²) in [5.74, 6) is 1.91. The van der Waals surface area contributed by atoms with Gasteiger partial charge in [-0.3, -0.25) is 0 Å². The van der Waals surface area contributed by atoms with Gasteiger partial charge in [-0.05, 0) is 55.7 Å². The van der Waals surface area contributed by atoms with Gasteiger partial charge < -0.3 is 4.43 Å². The summed E-state index contributed by atoms with van der Waals surface area (Å²) in [5.41, 5.74) is 0. The molecule has 88 valence electrons. The van der Waals surface area contributed by atoms with Crippen LogP contribution >= 0.6 is 0 Å². The maximum absolute atomic E-state index is 6.67. The summed E-state index contributed by atoms with van der Waals surface area (Å²) in [6.07, 6.45) is 6.47. The van der Waals surface area contributed by atoms with E-state index in [0.29, 0.717) is 6.10 Å². The minimum absolute atomic E-state index is 0.677. The highest BCUT2D eigenvalue weighted by atomic mass is 28.4. The Morgan fingerprint density at radius 3 is 1.60 bits per heavy atom. The first kappa shape index (κ1) is 11.7. The Morgan fingerprint density at radius 1 is 0.933 bits per heavy atom. The van der Waals surface area contributed by atoms with E-state index in [9.17, 15) is 0 Å². The lowest BCUT2D eigenvalue weighted by molar-refractivity contribution is 0.141. The Balaban J connectivity index is 1.95. The van der Waals surface area contributed by atoms with Crippen LogP contribution in [0.5, 0.6) is 0 Å². The molecule has 0 atom stereocenters. The topological polar surface area (TPSA) is 9.23 Å². The molecule has 2 rings (SSSR count). The van der Waals surface area contributed by atoms with E-state index >= 15 is 0 Å². The minimum atomic E-state index is -1.33. The van der Waals surface area contributed by atoms with Crippen LogP contribution in [0.2, 0.25) is 18.1 Å². The SMILES string of the molecule is CC[Si](CC)(CC)OC(C1CC1)C1CC1. The van der Waals surface area contributed by atoms with Crippen molar-refractivity contribution in [2.45, 2.75) is 70.7 Å². The first-order chi connectivity index (χ1) is 7.24. The van der Waals surface area contributed by atoms with E-state index in [4.69, 9.17) is 4.43 Å². The maximum atomic E-state index is 6.67. The summed E-state index contributed by atoms with van der Waals surface area (Å²) < 4.78 is 6.67. The van der Waals surface area contributed by atoms with Crippen LogP contribution in [0.4, 0.5) is 0 Å². The van der Waals surface area contributed by atoms with Crippen LogP contribution in [-0.2, 0) is 4.43 Å². The van der Waals surface area contributed by atoms with Crippen molar-refractivity contribution in [3.8, 4) is 0 Å². The molecule has 0 N–H and O–H groups in total. The zero-order valence-corrected chi connectivity index (χ0v) is 11.6. The molecular weight excluding hydrogens is 200 g/mol. The first-order valence-electron chi connectivity index (χ1n) is 6.92. The Bertz CT molecular complexity index is 184. The monoisotopic (exact) mass is 226 g/mol. The lowest BCUT2D eigenvalue weighted by Crippen LogP contribution is -2.41. The fraction of sp³-hybridized carbons (Fsp3) is 1.00. The molecule has 0 aromatic rings. The highest BCUT2D eigenvalue weighted by Gasteiger charge is 2.45. The summed E-state index contributed by atoms with van der Waals surface area (Å²) in [5, 5.41) is 0. The summed E-state index contributed by atoms with van der Waals surface area (Å²) >= 11 is 0. The largest absolute Gasteiger partial charge is 0.413 e. The third-order valence-corrected chi connectivity index (χ3v) is 9.13. The highest BCUT2D eigenvalue weighted by molar-refractivity contribution is 6.73. The molecule has 2 saturated carbocycles. The van der Waals surface area contributed by atoms with Gasteiger partial charge in [-0.15, -0.1) is 0 Å². The Morgan fingerprint density at radius 2 is 1.33 bits per heavy atom. The zero-order valence-electron chi connectivity index (χ0n) is 10.6. The van der Waals surface area contributed by atoms with Crippen molar-refractivity contribution < 1.29 is 4.43 Å². The van der Waals surface area contributed by atoms with Gasteiger partial charge in [0.2, 0.25) is 0 Å². The van der Waals surface area contributed by atoms with Crippen molar-refractivity contribution in [3.63, 3.8) is 0 Å². The molecule has 0 radical (unpaired) electrons. The normalized spacial score (nSPS) is 22.4. The average molecular weight is 226 g/mol. The van der Waals surface area contributed by atoms with Gasteiger partial charge in [0.15, 0.2) is 8.32 Å². The Kier molecular flexibility index (Phi) is 3.56. The summed E-state index contributed by atoms with van der Waals surface area (Å²) in [6.45, 7) is 7.03. The van der Waals surface area contributed by atoms with Gasteiger partial charge >= 0.3 is 0 Å². The van der Waals surface area contributed by atoms with Gasteiger partial charge in [-0.25, -0.2) is 0 Å². The number of hydrogen-bond donors (Lipinski definition) is 0. The fourth-order valence-corrected chi connectivity index (χ4v) is 5.68. The van der Waals surface area contributed by atoms with Gasteiger partial charge in [0.25, 0.3) is 0 Å². The van der Waals surface area contributed by atoms with Crippen LogP contribution in [0.15, 0.2) is 0 Å². The van der Waals surface area contributed by atoms with Crippen LogP contribution in [0.3, 0.4) is 0 Å². The molecule has 2 aliphatic rings. The summed E-state index contributed by atoms with van der Waals surface area (Å²) in [4.78, 5) is 0. The fourth-order valence-electron chi connectivity index (χ4n) is 2.72. The molecule has 1 nitrogen and oxygen atoms in total. The smallest absolute Gasteiger partial charge is 0.192 e. The molecular formula is C13H26OSi. The van der Waals surface area contributed by atoms with E-state index in [2.05, 4.69) is 20.8 Å². The Hall–Kier alpha value is 0.177. The summed E-state index contributed by atoms with van der Waals surface area (Å²) in [6, 6.07) is 3.95. The van der Waals surface area contributed by atoms with E-state index in [1.807, 2.05) is 0 Å². The minimum Gasteiger partial charge on any atom is -0.413 e. The number of rotatable bonds is 7. The lowest BCUT2D eigenvalue weighted by atomic mass is 10.1. The van der Waals surface area contributed by atoms with E-state index in [1.165, 1.54) is 43.8 Å². The molecule has 2 heteroatoms. The first-order valence-corrected chi connectivity index (χ1v) is 9.45. The molecule has 0 bridgehead atoms. The van der Waals surface area contributed by atoms with Crippen molar-refractivity contribution in [1.82, 2.24) is 0 Å². The van der Waals surface area contributed by atoms with E-state index in [0.717, 1.165) is 11.8 Å². The van der Waals surface area contributed by atoms with E-state index in [-0.39, 0.29) is 0 Å². The second-order valence-corrected chi connectivity index (χ2v) is 10.2. The molecule has 15 heavy (non-hydrogen) atoms. The van der Waals surface area contributed by atoms with Crippen LogP contribution < -0.4 is 0 Å². The standard InChI is InChI=1S/C13H26OSi/c1-4-15(5-2,6-3)14-13(11-7-8-11)12-9-10-12/h11-13H,4-10H2,1-3H3. The zero-order chi connectivity index (χ0) is 10.9. The van der Waals surface area contributed by atoms with E-state index in [1.54, 1.807) is 0 Å². The predicted octanol–water partition coefficient (Wildman–Crippen LogP) is 4.20. The second-order valence-electron chi connectivity index (χ2n) is 5.50. The van der Waals surface area contributed by atoms with Crippen molar-refractivity contribution in [1.29, 1.82) is 0 Å². The molecule has 0 heterocycles. The van der Waals surface area contributed by atoms with Gasteiger partial charge in [0, 0.05) is 0 Å². The molecule has 0 aliphatic heterocycles. The highest BCUT2D eigenvalue weighted by Crippen LogP contribution is 2.48. The predicted molar refractivity (Wildman–Crippen MR) is 67.5 cm³/mol. The number of hydrogen-bond acceptors (Lipinski definition) is 1. The van der Waals surface area contributed by atoms with Crippen molar-refractivity contribution in [2.75, 3.05) is 0 Å². The van der Waals surface area contributed by atoms with Gasteiger partial charge in [0.1, 0.15) is 0 Å². The third kappa shape index (κ3) is 2.65.